The molecule has 5 heteroatoms. The van der Waals surface area contributed by atoms with Crippen molar-refractivity contribution in [3.05, 3.63) is 12.3 Å². The van der Waals surface area contributed by atoms with Crippen LogP contribution in [0.15, 0.2) is 12.3 Å². The average molecular weight is 250 g/mol. The molecule has 1 fully saturated rings. The van der Waals surface area contributed by atoms with Crippen LogP contribution in [0.3, 0.4) is 0 Å². The lowest BCUT2D eigenvalue weighted by atomic mass is 9.70. The highest BCUT2D eigenvalue weighted by atomic mass is 16.2. The molecule has 0 spiro atoms. The SMILES string of the molecule is CC1CCC(CN)(C(=O)Nc2ccn(C)n2)CC1. The van der Waals surface area contributed by atoms with Crippen molar-refractivity contribution in [1.82, 2.24) is 9.78 Å². The summed E-state index contributed by atoms with van der Waals surface area (Å²) >= 11 is 0. The highest BCUT2D eigenvalue weighted by Crippen LogP contribution is 2.38. The van der Waals surface area contributed by atoms with E-state index in [1.807, 2.05) is 13.2 Å². The molecule has 3 N–H and O–H groups in total. The molecule has 1 aromatic rings. The maximum Gasteiger partial charge on any atom is 0.233 e. The lowest BCUT2D eigenvalue weighted by Gasteiger charge is -2.36. The van der Waals surface area contributed by atoms with Gasteiger partial charge in [0.1, 0.15) is 0 Å². The van der Waals surface area contributed by atoms with Gasteiger partial charge in [0.05, 0.1) is 5.41 Å². The minimum absolute atomic E-state index is 0.0237. The van der Waals surface area contributed by atoms with Crippen LogP contribution in [0.2, 0.25) is 0 Å². The van der Waals surface area contributed by atoms with Crippen LogP contribution < -0.4 is 11.1 Å². The third-order valence-electron chi connectivity index (χ3n) is 4.06. The molecule has 1 heterocycles. The van der Waals surface area contributed by atoms with Crippen molar-refractivity contribution in [2.75, 3.05) is 11.9 Å². The van der Waals surface area contributed by atoms with Gasteiger partial charge in [-0.25, -0.2) is 0 Å². The summed E-state index contributed by atoms with van der Waals surface area (Å²) < 4.78 is 1.67. The normalized spacial score (nSPS) is 28.1. The average Bonchev–Trinajstić information content (AvgIpc) is 2.76. The fourth-order valence-corrected chi connectivity index (χ4v) is 2.57. The molecule has 0 aliphatic heterocycles. The third kappa shape index (κ3) is 2.56. The summed E-state index contributed by atoms with van der Waals surface area (Å²) in [7, 11) is 1.83. The Morgan fingerprint density at radius 2 is 2.28 bits per heavy atom. The molecule has 2 rings (SSSR count). The summed E-state index contributed by atoms with van der Waals surface area (Å²) in [6, 6.07) is 1.80. The van der Waals surface area contributed by atoms with Crippen LogP contribution in [0.5, 0.6) is 0 Å². The van der Waals surface area contributed by atoms with Crippen LogP contribution in [-0.2, 0) is 11.8 Å². The van der Waals surface area contributed by atoms with E-state index in [-0.39, 0.29) is 5.91 Å². The molecule has 1 saturated carbocycles. The quantitative estimate of drug-likeness (QED) is 0.854. The van der Waals surface area contributed by atoms with E-state index in [0.717, 1.165) is 25.7 Å². The molecule has 0 aromatic carbocycles. The molecule has 0 saturated heterocycles. The number of carbonyl (C=O) groups is 1. The molecule has 1 amide bonds. The van der Waals surface area contributed by atoms with E-state index in [1.165, 1.54) is 0 Å². The lowest BCUT2D eigenvalue weighted by Crippen LogP contribution is -2.44. The molecule has 0 unspecified atom stereocenters. The second-order valence-electron chi connectivity index (χ2n) is 5.50. The second-order valence-corrected chi connectivity index (χ2v) is 5.50. The fourth-order valence-electron chi connectivity index (χ4n) is 2.57. The summed E-state index contributed by atoms with van der Waals surface area (Å²) in [6.45, 7) is 2.65. The fraction of sp³-hybridized carbons (Fsp3) is 0.692. The van der Waals surface area contributed by atoms with E-state index in [9.17, 15) is 4.79 Å². The van der Waals surface area contributed by atoms with Gasteiger partial charge in [0.2, 0.25) is 5.91 Å². The molecule has 0 radical (unpaired) electrons. The molecule has 1 aliphatic carbocycles. The van der Waals surface area contributed by atoms with Gasteiger partial charge in [-0.05, 0) is 31.6 Å². The summed E-state index contributed by atoms with van der Waals surface area (Å²) in [5, 5.41) is 7.06. The van der Waals surface area contributed by atoms with Crippen molar-refractivity contribution in [2.24, 2.45) is 24.1 Å². The number of rotatable bonds is 3. The second kappa shape index (κ2) is 5.10. The molecule has 0 atom stereocenters. The first-order chi connectivity index (χ1) is 8.55. The number of aromatic nitrogens is 2. The molecule has 1 aliphatic rings. The van der Waals surface area contributed by atoms with Gasteiger partial charge in [0.25, 0.3) is 0 Å². The molecule has 18 heavy (non-hydrogen) atoms. The van der Waals surface area contributed by atoms with E-state index < -0.39 is 5.41 Å². The highest BCUT2D eigenvalue weighted by molar-refractivity contribution is 5.94. The molecular weight excluding hydrogens is 228 g/mol. The maximum absolute atomic E-state index is 12.4. The van der Waals surface area contributed by atoms with Gasteiger partial charge in [0.15, 0.2) is 5.82 Å². The first-order valence-corrected chi connectivity index (χ1v) is 6.57. The topological polar surface area (TPSA) is 72.9 Å². The Labute approximate surface area is 108 Å². The van der Waals surface area contributed by atoms with E-state index in [0.29, 0.717) is 18.3 Å². The largest absolute Gasteiger partial charge is 0.329 e. The smallest absolute Gasteiger partial charge is 0.233 e. The minimum atomic E-state index is -0.399. The Morgan fingerprint density at radius 1 is 1.61 bits per heavy atom. The van der Waals surface area contributed by atoms with E-state index in [2.05, 4.69) is 17.3 Å². The van der Waals surface area contributed by atoms with Crippen molar-refractivity contribution in [1.29, 1.82) is 0 Å². The third-order valence-corrected chi connectivity index (χ3v) is 4.06. The van der Waals surface area contributed by atoms with Gasteiger partial charge in [-0.2, -0.15) is 5.10 Å². The Kier molecular flexibility index (Phi) is 3.71. The van der Waals surface area contributed by atoms with Crippen molar-refractivity contribution in [3.8, 4) is 0 Å². The lowest BCUT2D eigenvalue weighted by molar-refractivity contribution is -0.127. The van der Waals surface area contributed by atoms with E-state index in [1.54, 1.807) is 10.7 Å². The molecule has 100 valence electrons. The van der Waals surface area contributed by atoms with Gasteiger partial charge < -0.3 is 11.1 Å². The van der Waals surface area contributed by atoms with Gasteiger partial charge in [-0.15, -0.1) is 0 Å². The Balaban J connectivity index is 2.06. The monoisotopic (exact) mass is 250 g/mol. The number of hydrogen-bond donors (Lipinski definition) is 2. The zero-order chi connectivity index (χ0) is 13.2. The van der Waals surface area contributed by atoms with E-state index >= 15 is 0 Å². The van der Waals surface area contributed by atoms with Crippen LogP contribution in [0.25, 0.3) is 0 Å². The van der Waals surface area contributed by atoms with Crippen LogP contribution in [0.1, 0.15) is 32.6 Å². The highest BCUT2D eigenvalue weighted by Gasteiger charge is 2.39. The number of amides is 1. The number of anilines is 1. The first kappa shape index (κ1) is 13.1. The minimum Gasteiger partial charge on any atom is -0.329 e. The Hall–Kier alpha value is -1.36. The predicted molar refractivity (Wildman–Crippen MR) is 71.0 cm³/mol. The molecular formula is C13H22N4O. The number of hydrogen-bond acceptors (Lipinski definition) is 3. The standard InChI is InChI=1S/C13H22N4O/c1-10-3-6-13(9-14,7-4-10)12(18)15-11-5-8-17(2)16-11/h5,8,10H,3-4,6-7,9,14H2,1-2H3,(H,15,16,18). The zero-order valence-electron chi connectivity index (χ0n) is 11.1. The van der Waals surface area contributed by atoms with Gasteiger partial charge in [0, 0.05) is 25.9 Å². The summed E-state index contributed by atoms with van der Waals surface area (Å²) in [5.74, 6) is 1.33. The maximum atomic E-state index is 12.4. The first-order valence-electron chi connectivity index (χ1n) is 6.57. The van der Waals surface area contributed by atoms with Crippen LogP contribution in [0, 0.1) is 11.3 Å². The van der Waals surface area contributed by atoms with Crippen LogP contribution in [-0.4, -0.2) is 22.2 Å². The Bertz CT molecular complexity index is 418. The van der Waals surface area contributed by atoms with Crippen LogP contribution in [0.4, 0.5) is 5.82 Å². The van der Waals surface area contributed by atoms with Crippen molar-refractivity contribution in [2.45, 2.75) is 32.6 Å². The molecule has 0 bridgehead atoms. The number of nitrogens with two attached hydrogens (primary N) is 1. The summed E-state index contributed by atoms with van der Waals surface area (Å²) in [4.78, 5) is 12.4. The van der Waals surface area contributed by atoms with Crippen molar-refractivity contribution < 1.29 is 4.79 Å². The molecule has 1 aromatic heterocycles. The zero-order valence-corrected chi connectivity index (χ0v) is 11.1. The van der Waals surface area contributed by atoms with Crippen LogP contribution >= 0.6 is 0 Å². The Morgan fingerprint density at radius 3 is 2.78 bits per heavy atom. The number of nitrogens with zero attached hydrogens (tertiary/aromatic N) is 2. The van der Waals surface area contributed by atoms with E-state index in [4.69, 9.17) is 5.73 Å². The predicted octanol–water partition coefficient (Wildman–Crippen LogP) is 1.51. The van der Waals surface area contributed by atoms with Gasteiger partial charge in [-0.3, -0.25) is 9.48 Å². The van der Waals surface area contributed by atoms with Gasteiger partial charge in [-0.1, -0.05) is 6.92 Å². The van der Waals surface area contributed by atoms with Crippen molar-refractivity contribution in [3.63, 3.8) is 0 Å². The number of carbonyl (C=O) groups excluding carboxylic acids is 1. The van der Waals surface area contributed by atoms with Gasteiger partial charge >= 0.3 is 0 Å². The summed E-state index contributed by atoms with van der Waals surface area (Å²) in [5.41, 5.74) is 5.46. The summed E-state index contributed by atoms with van der Waals surface area (Å²) in [6.07, 6.45) is 5.72. The number of aryl methyl sites for hydroxylation is 1. The number of nitrogens with one attached hydrogen (secondary N) is 1. The molecule has 5 nitrogen and oxygen atoms in total. The van der Waals surface area contributed by atoms with Crippen molar-refractivity contribution >= 4 is 11.7 Å².